The fraction of sp³-hybridized carbons (Fsp3) is 0.538. The van der Waals surface area contributed by atoms with E-state index in [1.54, 1.807) is 0 Å². The highest BCUT2D eigenvalue weighted by Gasteiger charge is 2.12. The first-order valence-electron chi connectivity index (χ1n) is 5.71. The summed E-state index contributed by atoms with van der Waals surface area (Å²) in [6.45, 7) is 4.60. The summed E-state index contributed by atoms with van der Waals surface area (Å²) in [6.07, 6.45) is 4.04. The van der Waals surface area contributed by atoms with E-state index in [-0.39, 0.29) is 12.4 Å². The average Bonchev–Trinajstić information content (AvgIpc) is 2.30. The molecule has 0 radical (unpaired) electrons. The van der Waals surface area contributed by atoms with Crippen LogP contribution in [0.1, 0.15) is 30.4 Å². The number of benzene rings is 1. The number of piperidine rings is 1. The summed E-state index contributed by atoms with van der Waals surface area (Å²) in [5.41, 5.74) is 3.97. The number of halogens is 2. The van der Waals surface area contributed by atoms with Gasteiger partial charge in [0.15, 0.2) is 0 Å². The molecule has 0 atom stereocenters. The Balaban J connectivity index is 0.00000128. The summed E-state index contributed by atoms with van der Waals surface area (Å²) in [6, 6.07) is 6.57. The van der Waals surface area contributed by atoms with Gasteiger partial charge < -0.3 is 4.90 Å². The normalized spacial score (nSPS) is 15.8. The minimum absolute atomic E-state index is 0. The van der Waals surface area contributed by atoms with Crippen LogP contribution < -0.4 is 4.90 Å². The monoisotopic (exact) mass is 259 g/mol. The molecular weight excluding hydrogens is 241 g/mol. The summed E-state index contributed by atoms with van der Waals surface area (Å²) in [5, 5.41) is 0. The van der Waals surface area contributed by atoms with Crippen LogP contribution in [0.5, 0.6) is 0 Å². The lowest BCUT2D eigenvalue weighted by Crippen LogP contribution is -2.29. The van der Waals surface area contributed by atoms with E-state index in [4.69, 9.17) is 11.6 Å². The summed E-state index contributed by atoms with van der Waals surface area (Å²) in [5.74, 6) is 0.612. The van der Waals surface area contributed by atoms with Crippen molar-refractivity contribution in [3.63, 3.8) is 0 Å². The third-order valence-electron chi connectivity index (χ3n) is 3.11. The van der Waals surface area contributed by atoms with Gasteiger partial charge in [0.1, 0.15) is 0 Å². The molecule has 0 N–H and O–H groups in total. The largest absolute Gasteiger partial charge is 0.371 e. The van der Waals surface area contributed by atoms with E-state index in [0.717, 1.165) is 0 Å². The van der Waals surface area contributed by atoms with Crippen molar-refractivity contribution in [3.8, 4) is 0 Å². The van der Waals surface area contributed by atoms with Crippen LogP contribution >= 0.6 is 24.0 Å². The molecule has 1 heterocycles. The first-order chi connectivity index (χ1) is 7.31. The Morgan fingerprint density at radius 2 is 1.88 bits per heavy atom. The molecule has 0 bridgehead atoms. The van der Waals surface area contributed by atoms with Gasteiger partial charge in [0.2, 0.25) is 0 Å². The smallest absolute Gasteiger partial charge is 0.0474 e. The minimum atomic E-state index is 0. The predicted octanol–water partition coefficient (Wildman–Crippen LogP) is 4.15. The van der Waals surface area contributed by atoms with Gasteiger partial charge in [-0.25, -0.2) is 0 Å². The van der Waals surface area contributed by atoms with Crippen LogP contribution in [0.4, 0.5) is 5.69 Å². The van der Waals surface area contributed by atoms with Crippen LogP contribution in [0.2, 0.25) is 0 Å². The zero-order chi connectivity index (χ0) is 10.7. The van der Waals surface area contributed by atoms with Gasteiger partial charge in [0.05, 0.1) is 0 Å². The lowest BCUT2D eigenvalue weighted by Gasteiger charge is -2.30. The van der Waals surface area contributed by atoms with Crippen molar-refractivity contribution < 1.29 is 0 Å². The third-order valence-corrected chi connectivity index (χ3v) is 3.42. The van der Waals surface area contributed by atoms with Crippen LogP contribution in [-0.2, 0) is 5.88 Å². The van der Waals surface area contributed by atoms with Crippen molar-refractivity contribution in [2.75, 3.05) is 18.0 Å². The van der Waals surface area contributed by atoms with Crippen LogP contribution in [0.3, 0.4) is 0 Å². The minimum Gasteiger partial charge on any atom is -0.371 e. The predicted molar refractivity (Wildman–Crippen MR) is 74.0 cm³/mol. The molecule has 1 nitrogen and oxygen atoms in total. The standard InChI is InChI=1S/C13H18ClN.ClH/c1-11-9-12(10-14)5-6-13(11)15-7-3-2-4-8-15;/h5-6,9H,2-4,7-8,10H2,1H3;1H. The summed E-state index contributed by atoms with van der Waals surface area (Å²) < 4.78 is 0. The molecule has 3 heteroatoms. The van der Waals surface area contributed by atoms with Gasteiger partial charge in [-0.15, -0.1) is 24.0 Å². The highest BCUT2D eigenvalue weighted by Crippen LogP contribution is 2.25. The van der Waals surface area contributed by atoms with Crippen molar-refractivity contribution in [2.24, 2.45) is 0 Å². The molecule has 1 aromatic rings. The topological polar surface area (TPSA) is 3.24 Å². The Bertz CT molecular complexity index is 333. The van der Waals surface area contributed by atoms with Gasteiger partial charge in [0.25, 0.3) is 0 Å². The van der Waals surface area contributed by atoms with Gasteiger partial charge >= 0.3 is 0 Å². The first kappa shape index (κ1) is 13.7. The maximum absolute atomic E-state index is 5.82. The molecule has 2 rings (SSSR count). The van der Waals surface area contributed by atoms with E-state index < -0.39 is 0 Å². The molecule has 0 unspecified atom stereocenters. The zero-order valence-corrected chi connectivity index (χ0v) is 11.3. The number of alkyl halides is 1. The van der Waals surface area contributed by atoms with Gasteiger partial charge in [-0.2, -0.15) is 0 Å². The molecule has 90 valence electrons. The van der Waals surface area contributed by atoms with E-state index in [1.807, 2.05) is 0 Å². The van der Waals surface area contributed by atoms with E-state index in [2.05, 4.69) is 30.0 Å². The Hall–Kier alpha value is -0.400. The molecule has 16 heavy (non-hydrogen) atoms. The van der Waals surface area contributed by atoms with Gasteiger partial charge in [-0.05, 0) is 43.4 Å². The highest BCUT2D eigenvalue weighted by atomic mass is 35.5. The van der Waals surface area contributed by atoms with Crippen molar-refractivity contribution in [1.82, 2.24) is 0 Å². The number of hydrogen-bond donors (Lipinski definition) is 0. The molecule has 0 aliphatic carbocycles. The lowest BCUT2D eigenvalue weighted by atomic mass is 10.1. The highest BCUT2D eigenvalue weighted by molar-refractivity contribution is 6.17. The second-order valence-corrected chi connectivity index (χ2v) is 4.57. The van der Waals surface area contributed by atoms with E-state index in [1.165, 1.54) is 49.2 Å². The Kier molecular flexibility index (Phi) is 5.43. The van der Waals surface area contributed by atoms with E-state index >= 15 is 0 Å². The van der Waals surface area contributed by atoms with Crippen molar-refractivity contribution >= 4 is 29.7 Å². The number of anilines is 1. The van der Waals surface area contributed by atoms with E-state index in [0.29, 0.717) is 5.88 Å². The zero-order valence-electron chi connectivity index (χ0n) is 9.71. The molecule has 0 amide bonds. The number of rotatable bonds is 2. The third kappa shape index (κ3) is 3.05. The second-order valence-electron chi connectivity index (χ2n) is 4.30. The van der Waals surface area contributed by atoms with Crippen molar-refractivity contribution in [1.29, 1.82) is 0 Å². The SMILES string of the molecule is Cc1cc(CCl)ccc1N1CCCCC1.Cl. The van der Waals surface area contributed by atoms with Crippen LogP contribution in [-0.4, -0.2) is 13.1 Å². The molecule has 1 aromatic carbocycles. The number of nitrogens with zero attached hydrogens (tertiary/aromatic N) is 1. The molecule has 0 saturated carbocycles. The Morgan fingerprint density at radius 1 is 1.19 bits per heavy atom. The molecule has 1 fully saturated rings. The summed E-state index contributed by atoms with van der Waals surface area (Å²) in [7, 11) is 0. The average molecular weight is 260 g/mol. The Morgan fingerprint density at radius 3 is 2.44 bits per heavy atom. The van der Waals surface area contributed by atoms with Crippen LogP contribution in [0, 0.1) is 6.92 Å². The first-order valence-corrected chi connectivity index (χ1v) is 6.25. The van der Waals surface area contributed by atoms with Crippen molar-refractivity contribution in [3.05, 3.63) is 29.3 Å². The molecule has 1 aliphatic heterocycles. The second kappa shape index (κ2) is 6.36. The van der Waals surface area contributed by atoms with Crippen molar-refractivity contribution in [2.45, 2.75) is 32.1 Å². The molecule has 1 saturated heterocycles. The fourth-order valence-corrected chi connectivity index (χ4v) is 2.46. The van der Waals surface area contributed by atoms with Crippen LogP contribution in [0.25, 0.3) is 0 Å². The van der Waals surface area contributed by atoms with Crippen LogP contribution in [0.15, 0.2) is 18.2 Å². The summed E-state index contributed by atoms with van der Waals surface area (Å²) >= 11 is 5.82. The van der Waals surface area contributed by atoms with Gasteiger partial charge in [-0.1, -0.05) is 12.1 Å². The fourth-order valence-electron chi connectivity index (χ4n) is 2.29. The van der Waals surface area contributed by atoms with Gasteiger partial charge in [0, 0.05) is 24.7 Å². The lowest BCUT2D eigenvalue weighted by molar-refractivity contribution is 0.577. The number of aryl methyl sites for hydroxylation is 1. The Labute approximate surface area is 109 Å². The maximum Gasteiger partial charge on any atom is 0.0474 e. The molecule has 0 aromatic heterocycles. The molecule has 1 aliphatic rings. The quantitative estimate of drug-likeness (QED) is 0.722. The van der Waals surface area contributed by atoms with Gasteiger partial charge in [-0.3, -0.25) is 0 Å². The molecule has 0 spiro atoms. The molecular formula is C13H19Cl2N. The number of hydrogen-bond acceptors (Lipinski definition) is 1. The van der Waals surface area contributed by atoms with E-state index in [9.17, 15) is 0 Å². The maximum atomic E-state index is 5.82. The summed E-state index contributed by atoms with van der Waals surface area (Å²) in [4.78, 5) is 2.50.